The number of methoxy groups -OCH3 is 1. The van der Waals surface area contributed by atoms with Gasteiger partial charge in [-0.2, -0.15) is 0 Å². The summed E-state index contributed by atoms with van der Waals surface area (Å²) < 4.78 is 20.0. The number of phenols is 1. The van der Waals surface area contributed by atoms with Crippen LogP contribution in [0.3, 0.4) is 0 Å². The molecule has 2 aromatic rings. The van der Waals surface area contributed by atoms with E-state index in [2.05, 4.69) is 21.6 Å². The van der Waals surface area contributed by atoms with E-state index in [1.807, 2.05) is 37.4 Å². The van der Waals surface area contributed by atoms with Crippen molar-refractivity contribution in [2.24, 2.45) is 17.3 Å². The molecular formula is C33H41N3O5. The lowest BCUT2D eigenvalue weighted by molar-refractivity contribution is -0.283. The number of nitrogens with one attached hydrogen (secondary N) is 2. The molecule has 8 nitrogen and oxygen atoms in total. The molecule has 4 saturated carbocycles. The predicted molar refractivity (Wildman–Crippen MR) is 154 cm³/mol. The maximum Gasteiger partial charge on any atom is 0.318 e. The summed E-state index contributed by atoms with van der Waals surface area (Å²) in [5, 5.41) is 16.5. The van der Waals surface area contributed by atoms with E-state index in [9.17, 15) is 9.90 Å². The highest BCUT2D eigenvalue weighted by molar-refractivity contribution is 5.89. The molecule has 7 aliphatic rings. The molecule has 9 rings (SSSR count). The molecule has 1 saturated heterocycles. The van der Waals surface area contributed by atoms with Crippen LogP contribution in [-0.2, 0) is 27.9 Å². The summed E-state index contributed by atoms with van der Waals surface area (Å²) in [6, 6.07) is 12.1. The Morgan fingerprint density at radius 2 is 2.07 bits per heavy atom. The van der Waals surface area contributed by atoms with E-state index in [1.54, 1.807) is 7.05 Å². The minimum atomic E-state index is -0.465. The molecule has 5 fully saturated rings. The number of ether oxygens (including phenoxy) is 3. The number of anilines is 1. The van der Waals surface area contributed by atoms with Crippen molar-refractivity contribution in [1.82, 2.24) is 10.2 Å². The number of phenolic OH excluding ortho intramolecular Hbond substituents is 1. The van der Waals surface area contributed by atoms with Gasteiger partial charge in [0.1, 0.15) is 11.7 Å². The van der Waals surface area contributed by atoms with Crippen LogP contribution < -0.4 is 15.4 Å². The Kier molecular flexibility index (Phi) is 5.74. The van der Waals surface area contributed by atoms with Crippen molar-refractivity contribution >= 4 is 11.7 Å². The molecule has 6 atom stereocenters. The van der Waals surface area contributed by atoms with E-state index in [0.29, 0.717) is 19.3 Å². The Morgan fingerprint density at radius 1 is 1.20 bits per heavy atom. The molecule has 4 bridgehead atoms. The Morgan fingerprint density at radius 3 is 2.88 bits per heavy atom. The lowest BCUT2D eigenvalue weighted by Crippen LogP contribution is -2.81. The van der Waals surface area contributed by atoms with Crippen molar-refractivity contribution in [1.29, 1.82) is 0 Å². The average Bonchev–Trinajstić information content (AvgIpc) is 3.72. The Hall–Kier alpha value is -2.81. The Bertz CT molecular complexity index is 1390. The molecule has 2 aromatic carbocycles. The highest BCUT2D eigenvalue weighted by Gasteiger charge is 2.80. The number of benzene rings is 2. The number of carbonyl (C=O) groups excluding carboxylic acids is 1. The van der Waals surface area contributed by atoms with Gasteiger partial charge < -0.3 is 30.0 Å². The van der Waals surface area contributed by atoms with Crippen LogP contribution in [0.25, 0.3) is 0 Å². The second kappa shape index (κ2) is 9.09. The van der Waals surface area contributed by atoms with E-state index in [-0.39, 0.29) is 34.6 Å². The lowest BCUT2D eigenvalue weighted by atomic mass is 9.35. The number of fused-ring (bicyclic) bond motifs is 2. The first-order valence-corrected chi connectivity index (χ1v) is 15.4. The monoisotopic (exact) mass is 559 g/mol. The first kappa shape index (κ1) is 25.9. The zero-order valence-corrected chi connectivity index (χ0v) is 24.1. The topological polar surface area (TPSA) is 92.3 Å². The van der Waals surface area contributed by atoms with Crippen molar-refractivity contribution in [2.75, 3.05) is 39.2 Å². The minimum absolute atomic E-state index is 0.0858. The highest BCUT2D eigenvalue weighted by atomic mass is 16.6. The third-order valence-electron chi connectivity index (χ3n) is 11.8. The molecule has 0 aromatic heterocycles. The lowest BCUT2D eigenvalue weighted by Gasteiger charge is -2.74. The third-order valence-corrected chi connectivity index (χ3v) is 11.8. The van der Waals surface area contributed by atoms with Crippen LogP contribution in [0.5, 0.6) is 11.5 Å². The van der Waals surface area contributed by atoms with Gasteiger partial charge in [-0.05, 0) is 86.7 Å². The quantitative estimate of drug-likeness (QED) is 0.439. The maximum absolute atomic E-state index is 11.8. The number of urea groups is 1. The van der Waals surface area contributed by atoms with Crippen LogP contribution in [0, 0.1) is 17.3 Å². The number of carbonyl (C=O) groups is 1. The molecule has 0 unspecified atom stereocenters. The molecule has 2 heterocycles. The first-order valence-electron chi connectivity index (χ1n) is 15.4. The Balaban J connectivity index is 1.12. The van der Waals surface area contributed by atoms with E-state index < -0.39 is 5.60 Å². The first-order chi connectivity index (χ1) is 19.9. The fourth-order valence-corrected chi connectivity index (χ4v) is 10.00. The van der Waals surface area contributed by atoms with Gasteiger partial charge in [-0.15, -0.1) is 0 Å². The van der Waals surface area contributed by atoms with Gasteiger partial charge in [-0.1, -0.05) is 18.2 Å². The van der Waals surface area contributed by atoms with Gasteiger partial charge in [-0.3, -0.25) is 4.90 Å². The summed E-state index contributed by atoms with van der Waals surface area (Å²) in [6.07, 6.45) is 7.84. The van der Waals surface area contributed by atoms with Crippen LogP contribution >= 0.6 is 0 Å². The average molecular weight is 560 g/mol. The standard InChI is InChI=1S/C33H41N3O5/c1-34-30(38)35-24-5-3-4-21(14-24)18-40-19-23-16-31-10-11-33(23,39-2)29-32(31)12-13-36(17-20-6-7-20)26(31)15-22-8-9-25(37)28(41-29)27(22)32/h3-5,8-9,14,20,23,26,29,37H,6-7,10-13,15-19H2,1-2H3,(H2,34,35,38)/t23-,26-,29-,31-,32+,33-/m1/s1. The van der Waals surface area contributed by atoms with E-state index in [4.69, 9.17) is 14.2 Å². The third kappa shape index (κ3) is 3.47. The molecule has 2 amide bonds. The summed E-state index contributed by atoms with van der Waals surface area (Å²) in [5.74, 6) is 2.03. The van der Waals surface area contributed by atoms with Crippen molar-refractivity contribution < 1.29 is 24.1 Å². The van der Waals surface area contributed by atoms with Crippen molar-refractivity contribution in [3.63, 3.8) is 0 Å². The van der Waals surface area contributed by atoms with Gasteiger partial charge in [0.05, 0.1) is 13.2 Å². The Labute approximate surface area is 241 Å². The van der Waals surface area contributed by atoms with Gasteiger partial charge >= 0.3 is 6.03 Å². The maximum atomic E-state index is 11.8. The smallest absolute Gasteiger partial charge is 0.318 e. The van der Waals surface area contributed by atoms with E-state index >= 15 is 0 Å². The molecule has 5 aliphatic carbocycles. The number of piperidine rings is 1. The molecule has 0 radical (unpaired) electrons. The zero-order chi connectivity index (χ0) is 28.0. The van der Waals surface area contributed by atoms with Crippen LogP contribution in [-0.4, -0.2) is 67.6 Å². The van der Waals surface area contributed by atoms with Crippen LogP contribution in [0.4, 0.5) is 10.5 Å². The number of hydrogen-bond donors (Lipinski definition) is 3. The molecular weight excluding hydrogens is 518 g/mol. The summed E-state index contributed by atoms with van der Waals surface area (Å²) >= 11 is 0. The molecule has 41 heavy (non-hydrogen) atoms. The fraction of sp³-hybridized carbons (Fsp3) is 0.606. The van der Waals surface area contributed by atoms with Gasteiger partial charge in [0.2, 0.25) is 0 Å². The molecule has 2 spiro atoms. The van der Waals surface area contributed by atoms with Crippen molar-refractivity contribution in [2.45, 2.75) is 74.7 Å². The van der Waals surface area contributed by atoms with Gasteiger partial charge in [0, 0.05) is 54.7 Å². The van der Waals surface area contributed by atoms with Crippen LogP contribution in [0.2, 0.25) is 0 Å². The SMILES string of the molecule is CNC(=O)Nc1cccc(COC[C@H]2C[C@@]34CC[C@]2(OC)[C@@H]2Oc5c(O)ccc6c5[C@@]23CCN(CC2CC2)[C@@H]4C6)c1. The zero-order valence-electron chi connectivity index (χ0n) is 24.1. The number of nitrogens with zero attached hydrogens (tertiary/aromatic N) is 1. The molecule has 218 valence electrons. The summed E-state index contributed by atoms with van der Waals surface area (Å²) in [5.41, 5.74) is 3.93. The normalized spacial score (nSPS) is 36.0. The number of aromatic hydroxyl groups is 1. The van der Waals surface area contributed by atoms with Crippen molar-refractivity contribution in [3.8, 4) is 11.5 Å². The predicted octanol–water partition coefficient (Wildman–Crippen LogP) is 4.58. The summed E-state index contributed by atoms with van der Waals surface area (Å²) in [4.78, 5) is 14.6. The second-order valence-electron chi connectivity index (χ2n) is 13.5. The minimum Gasteiger partial charge on any atom is -0.504 e. The molecule has 2 aliphatic heterocycles. The summed E-state index contributed by atoms with van der Waals surface area (Å²) in [6.45, 7) is 3.36. The van der Waals surface area contributed by atoms with Crippen LogP contribution in [0.1, 0.15) is 55.2 Å². The fourth-order valence-electron chi connectivity index (χ4n) is 10.00. The largest absolute Gasteiger partial charge is 0.504 e. The van der Waals surface area contributed by atoms with Gasteiger partial charge in [-0.25, -0.2) is 4.79 Å². The summed E-state index contributed by atoms with van der Waals surface area (Å²) in [7, 11) is 3.46. The number of hydrogen-bond acceptors (Lipinski definition) is 6. The highest BCUT2D eigenvalue weighted by Crippen LogP contribution is 2.76. The second-order valence-corrected chi connectivity index (χ2v) is 13.5. The number of likely N-dealkylation sites (tertiary alicyclic amines) is 1. The molecule has 3 N–H and O–H groups in total. The molecule has 8 heteroatoms. The van der Waals surface area contributed by atoms with Crippen molar-refractivity contribution in [3.05, 3.63) is 53.1 Å². The van der Waals surface area contributed by atoms with Crippen LogP contribution in [0.15, 0.2) is 36.4 Å². The number of rotatable bonds is 8. The number of amides is 2. The van der Waals surface area contributed by atoms with Gasteiger partial charge in [0.15, 0.2) is 11.5 Å². The van der Waals surface area contributed by atoms with E-state index in [1.165, 1.54) is 30.5 Å². The van der Waals surface area contributed by atoms with E-state index in [0.717, 1.165) is 61.6 Å². The van der Waals surface area contributed by atoms with Gasteiger partial charge in [0.25, 0.3) is 0 Å².